The Labute approximate surface area is 68.5 Å². The number of hydrogen-bond acceptors (Lipinski definition) is 4. The van der Waals surface area contributed by atoms with Crippen molar-refractivity contribution in [2.75, 3.05) is 0 Å². The number of nitrogens with zero attached hydrogens (tertiary/aromatic N) is 2. The summed E-state index contributed by atoms with van der Waals surface area (Å²) in [5, 5.41) is 0. The van der Waals surface area contributed by atoms with Crippen molar-refractivity contribution in [2.24, 2.45) is 16.5 Å². The van der Waals surface area contributed by atoms with Gasteiger partial charge >= 0.3 is 6.17 Å². The highest BCUT2D eigenvalue weighted by Crippen LogP contribution is 2.05. The number of carbonyl (C=O) groups excluding carboxylic acids is 1. The molecular formula is C6H9N4O2+. The van der Waals surface area contributed by atoms with Gasteiger partial charge in [-0.2, -0.15) is 0 Å². The number of carbonyl (C=O) groups is 1. The van der Waals surface area contributed by atoms with Gasteiger partial charge in [0.15, 0.2) is 5.71 Å². The van der Waals surface area contributed by atoms with Crippen molar-refractivity contribution in [2.45, 2.75) is 13.1 Å². The molecule has 0 radical (unpaired) electrons. The maximum Gasteiger partial charge on any atom is 0.306 e. The summed E-state index contributed by atoms with van der Waals surface area (Å²) in [7, 11) is 0. The van der Waals surface area contributed by atoms with Crippen LogP contribution < -0.4 is 11.5 Å². The molecule has 1 rings (SSSR count). The molecule has 6 nitrogen and oxygen atoms in total. The zero-order valence-corrected chi connectivity index (χ0v) is 6.52. The van der Waals surface area contributed by atoms with Crippen LogP contribution >= 0.6 is 0 Å². The van der Waals surface area contributed by atoms with Crippen molar-refractivity contribution in [1.82, 2.24) is 0 Å². The standard InChI is InChI=1S/C6H8N4O2/c1-3-2-10(12)5(7)4(9-3)6(8)11/h2,5H,7H2,1H3,(H-,8,11)/p+1. The normalized spacial score (nSPS) is 23.2. The van der Waals surface area contributed by atoms with Gasteiger partial charge < -0.3 is 5.73 Å². The van der Waals surface area contributed by atoms with Crippen LogP contribution in [-0.2, 0) is 4.79 Å². The number of nitrogens with two attached hydrogens (primary N) is 2. The summed E-state index contributed by atoms with van der Waals surface area (Å²) in [6.45, 7) is 1.58. The van der Waals surface area contributed by atoms with E-state index in [1.54, 1.807) is 6.92 Å². The van der Waals surface area contributed by atoms with Crippen LogP contribution in [0.3, 0.4) is 0 Å². The van der Waals surface area contributed by atoms with Crippen molar-refractivity contribution in [3.8, 4) is 0 Å². The van der Waals surface area contributed by atoms with E-state index in [0.29, 0.717) is 10.5 Å². The van der Waals surface area contributed by atoms with E-state index in [-0.39, 0.29) is 5.71 Å². The molecule has 0 aromatic rings. The summed E-state index contributed by atoms with van der Waals surface area (Å²) in [5.74, 6) is -0.768. The van der Waals surface area contributed by atoms with Crippen molar-refractivity contribution < 1.29 is 9.55 Å². The van der Waals surface area contributed by atoms with E-state index in [0.717, 1.165) is 0 Å². The SMILES string of the molecule is CC1=C[N+](=O)C(N)C(C(N)=O)=N1. The van der Waals surface area contributed by atoms with E-state index in [1.165, 1.54) is 6.20 Å². The highest BCUT2D eigenvalue weighted by atomic mass is 16.3. The highest BCUT2D eigenvalue weighted by Gasteiger charge is 2.32. The second kappa shape index (κ2) is 2.82. The number of primary amides is 1. The number of aliphatic imine (C=N–C) groups is 1. The van der Waals surface area contributed by atoms with E-state index < -0.39 is 12.1 Å². The molecule has 1 aliphatic heterocycles. The molecule has 4 N–H and O–H groups in total. The first-order valence-corrected chi connectivity index (χ1v) is 3.30. The fourth-order valence-electron chi connectivity index (χ4n) is 0.871. The molecule has 0 aromatic heterocycles. The minimum atomic E-state index is -1.08. The van der Waals surface area contributed by atoms with Crippen molar-refractivity contribution in [1.29, 1.82) is 0 Å². The molecule has 12 heavy (non-hydrogen) atoms. The molecule has 1 aliphatic rings. The molecule has 1 amide bonds. The van der Waals surface area contributed by atoms with Gasteiger partial charge in [-0.05, 0) is 6.92 Å². The van der Waals surface area contributed by atoms with Gasteiger partial charge in [-0.15, -0.1) is 0 Å². The van der Waals surface area contributed by atoms with E-state index in [4.69, 9.17) is 11.5 Å². The monoisotopic (exact) mass is 169 g/mol. The lowest BCUT2D eigenvalue weighted by atomic mass is 10.2. The Kier molecular flexibility index (Phi) is 2.01. The van der Waals surface area contributed by atoms with Gasteiger partial charge in [0.25, 0.3) is 5.91 Å². The van der Waals surface area contributed by atoms with Crippen LogP contribution in [0.1, 0.15) is 6.92 Å². The van der Waals surface area contributed by atoms with Crippen LogP contribution in [0.25, 0.3) is 0 Å². The van der Waals surface area contributed by atoms with E-state index in [1.807, 2.05) is 0 Å². The molecule has 64 valence electrons. The van der Waals surface area contributed by atoms with E-state index in [9.17, 15) is 9.70 Å². The predicted molar refractivity (Wildman–Crippen MR) is 42.0 cm³/mol. The van der Waals surface area contributed by atoms with Gasteiger partial charge in [0, 0.05) is 4.91 Å². The fraction of sp³-hybridized carbons (Fsp3) is 0.333. The number of rotatable bonds is 1. The van der Waals surface area contributed by atoms with Gasteiger partial charge in [-0.25, -0.2) is 4.99 Å². The van der Waals surface area contributed by atoms with Crippen LogP contribution in [0.4, 0.5) is 0 Å². The molecule has 1 unspecified atom stereocenters. The largest absolute Gasteiger partial charge is 0.364 e. The Balaban J connectivity index is 3.07. The summed E-state index contributed by atoms with van der Waals surface area (Å²) in [5.41, 5.74) is 10.6. The van der Waals surface area contributed by atoms with Gasteiger partial charge in [0.1, 0.15) is 5.70 Å². The van der Waals surface area contributed by atoms with E-state index in [2.05, 4.69) is 4.99 Å². The maximum absolute atomic E-state index is 10.9. The van der Waals surface area contributed by atoms with Gasteiger partial charge in [0.2, 0.25) is 6.20 Å². The topological polar surface area (TPSA) is 102 Å². The first kappa shape index (κ1) is 8.54. The number of nitroso groups, excluding NO2 is 1. The van der Waals surface area contributed by atoms with Crippen LogP contribution in [0.2, 0.25) is 0 Å². The highest BCUT2D eigenvalue weighted by molar-refractivity contribution is 6.40. The smallest absolute Gasteiger partial charge is 0.306 e. The summed E-state index contributed by atoms with van der Waals surface area (Å²) in [6.07, 6.45) is 0.128. The zero-order chi connectivity index (χ0) is 9.30. The van der Waals surface area contributed by atoms with Crippen molar-refractivity contribution in [3.05, 3.63) is 16.8 Å². The van der Waals surface area contributed by atoms with Crippen LogP contribution in [0.5, 0.6) is 0 Å². The number of hydrogen-bond donors (Lipinski definition) is 2. The molecule has 0 bridgehead atoms. The molecule has 0 spiro atoms. The number of allylic oxidation sites excluding steroid dienone is 1. The second-order valence-corrected chi connectivity index (χ2v) is 2.44. The first-order valence-electron chi connectivity index (χ1n) is 3.30. The maximum atomic E-state index is 10.9. The Hall–Kier alpha value is -1.56. The Morgan fingerprint density at radius 1 is 1.75 bits per heavy atom. The average Bonchev–Trinajstić information content (AvgIpc) is 1.96. The van der Waals surface area contributed by atoms with Gasteiger partial charge in [-0.3, -0.25) is 10.5 Å². The molecule has 0 aromatic carbocycles. The van der Waals surface area contributed by atoms with Gasteiger partial charge in [-0.1, -0.05) is 0 Å². The quantitative estimate of drug-likeness (QED) is 0.484. The molecule has 6 heteroatoms. The second-order valence-electron chi connectivity index (χ2n) is 2.44. The van der Waals surface area contributed by atoms with Crippen LogP contribution in [-0.4, -0.2) is 22.5 Å². The molecule has 0 fully saturated rings. The fourth-order valence-corrected chi connectivity index (χ4v) is 0.871. The first-order chi connectivity index (χ1) is 5.52. The summed E-state index contributed by atoms with van der Waals surface area (Å²) >= 11 is 0. The molecule has 0 aliphatic carbocycles. The summed E-state index contributed by atoms with van der Waals surface area (Å²) in [4.78, 5) is 25.4. The summed E-state index contributed by atoms with van der Waals surface area (Å²) in [6, 6.07) is 0. The Bertz CT molecular complexity index is 305. The average molecular weight is 169 g/mol. The third-order valence-electron chi connectivity index (χ3n) is 1.42. The lowest BCUT2D eigenvalue weighted by molar-refractivity contribution is -0.503. The molecule has 1 atom stereocenters. The molecule has 1 heterocycles. The lowest BCUT2D eigenvalue weighted by Crippen LogP contribution is -2.46. The predicted octanol–water partition coefficient (Wildman–Crippen LogP) is -1.15. The minimum Gasteiger partial charge on any atom is -0.364 e. The minimum absolute atomic E-state index is 0.106. The Morgan fingerprint density at radius 2 is 2.33 bits per heavy atom. The van der Waals surface area contributed by atoms with Crippen molar-refractivity contribution >= 4 is 11.6 Å². The van der Waals surface area contributed by atoms with E-state index >= 15 is 0 Å². The molecule has 0 saturated heterocycles. The zero-order valence-electron chi connectivity index (χ0n) is 6.52. The van der Waals surface area contributed by atoms with Gasteiger partial charge in [0.05, 0.1) is 4.76 Å². The van der Waals surface area contributed by atoms with Crippen LogP contribution in [0, 0.1) is 4.91 Å². The van der Waals surface area contributed by atoms with Crippen molar-refractivity contribution in [3.63, 3.8) is 0 Å². The summed E-state index contributed by atoms with van der Waals surface area (Å²) < 4.78 is 0.447. The lowest BCUT2D eigenvalue weighted by Gasteiger charge is -2.06. The molecular weight excluding hydrogens is 160 g/mol. The molecule has 0 saturated carbocycles. The third kappa shape index (κ3) is 1.37. The van der Waals surface area contributed by atoms with Crippen LogP contribution in [0.15, 0.2) is 16.9 Å². The number of amides is 1. The third-order valence-corrected chi connectivity index (χ3v) is 1.42. The Morgan fingerprint density at radius 3 is 2.83 bits per heavy atom.